The van der Waals surface area contributed by atoms with Crippen LogP contribution >= 0.6 is 0 Å². The van der Waals surface area contributed by atoms with E-state index in [2.05, 4.69) is 0 Å². The fourth-order valence-electron chi connectivity index (χ4n) is 5.52. The maximum Gasteiger partial charge on any atom is 0.356 e. The van der Waals surface area contributed by atoms with Crippen LogP contribution in [0.5, 0.6) is 0 Å². The molecule has 0 saturated heterocycles. The first-order valence-corrected chi connectivity index (χ1v) is 7.15. The van der Waals surface area contributed by atoms with Crippen LogP contribution < -0.4 is 0 Å². The molecule has 4 bridgehead atoms. The van der Waals surface area contributed by atoms with Crippen molar-refractivity contribution in [1.29, 1.82) is 0 Å². The Bertz CT molecular complexity index is 886. The Morgan fingerprint density at radius 3 is 0.900 bits per heavy atom. The van der Waals surface area contributed by atoms with E-state index in [1.165, 1.54) is 0 Å². The smallest absolute Gasteiger partial charge is 0.232 e. The molecule has 0 heterocycles. The van der Waals surface area contributed by atoms with E-state index in [1.54, 1.807) is 0 Å². The molecule has 0 aromatic heterocycles. The van der Waals surface area contributed by atoms with Gasteiger partial charge in [0.2, 0.25) is 5.67 Å². The second-order valence-electron chi connectivity index (χ2n) is 7.40. The zero-order valence-corrected chi connectivity index (χ0v) is 12.8. The van der Waals surface area contributed by atoms with Crippen LogP contribution in [0.3, 0.4) is 0 Å². The lowest BCUT2D eigenvalue weighted by Gasteiger charge is -2.55. The summed E-state index contributed by atoms with van der Waals surface area (Å²) in [7, 11) is 0. The highest BCUT2D eigenvalue weighted by Gasteiger charge is 3.31. The summed E-state index contributed by atoms with van der Waals surface area (Å²) in [5.74, 6) is -55.4. The van der Waals surface area contributed by atoms with E-state index < -0.39 is 69.5 Å². The van der Waals surface area contributed by atoms with Gasteiger partial charge in [-0.15, -0.1) is 0 Å². The Kier molecular flexibility index (Phi) is 2.90. The van der Waals surface area contributed by atoms with Crippen LogP contribution in [0.25, 0.3) is 0 Å². The second kappa shape index (κ2) is 3.96. The molecule has 0 amide bonds. The average Bonchev–Trinajstić information content (AvgIpc) is 2.78. The van der Waals surface area contributed by atoms with Crippen LogP contribution in [0.1, 0.15) is 0 Å². The maximum absolute atomic E-state index is 15.0. The minimum Gasteiger partial charge on any atom is -0.232 e. The molecule has 0 aliphatic heterocycles. The first kappa shape index (κ1) is 22.0. The molecule has 4 saturated carbocycles. The molecule has 5 atom stereocenters. The summed E-state index contributed by atoms with van der Waals surface area (Å²) in [6, 6.07) is 0. The zero-order chi connectivity index (χ0) is 24.0. The van der Waals surface area contributed by atoms with Gasteiger partial charge in [0.05, 0.1) is 0 Å². The summed E-state index contributed by atoms with van der Waals surface area (Å²) >= 11 is 0. The highest BCUT2D eigenvalue weighted by Crippen LogP contribution is 2.99. The van der Waals surface area contributed by atoms with Gasteiger partial charge in [0.15, 0.2) is 5.41 Å². The van der Waals surface area contributed by atoms with Crippen molar-refractivity contribution >= 4 is 0 Å². The van der Waals surface area contributed by atoms with E-state index in [-0.39, 0.29) is 0 Å². The molecule has 18 heteroatoms. The molecule has 0 aromatic carbocycles. The van der Waals surface area contributed by atoms with E-state index >= 15 is 4.39 Å². The number of rotatable bonds is 0. The number of halogens is 18. The molecule has 4 fully saturated rings. The van der Waals surface area contributed by atoms with Crippen LogP contribution in [0, 0.1) is 5.41 Å². The van der Waals surface area contributed by atoms with Gasteiger partial charge in [0, 0.05) is 0 Å². The summed E-state index contributed by atoms with van der Waals surface area (Å²) < 4.78 is 254. The van der Waals surface area contributed by atoms with Crippen LogP contribution in [-0.2, 0) is 0 Å². The molecule has 30 heavy (non-hydrogen) atoms. The average molecular weight is 486 g/mol. The first-order chi connectivity index (χ1) is 12.8. The standard InChI is InChI=1S/C12F18/c13-2-1(3(14)9(23,24)4(2,15)11(27,28)10(3,25)26)6(17,18)5(16,8(2,21)22)12(29,30)7(1,19)20. The molecule has 0 aromatic rings. The van der Waals surface area contributed by atoms with Gasteiger partial charge in [0.25, 0.3) is 11.3 Å². The lowest BCUT2D eigenvalue weighted by Crippen LogP contribution is -2.86. The molecule has 4 aliphatic rings. The van der Waals surface area contributed by atoms with Crippen molar-refractivity contribution in [3.63, 3.8) is 0 Å². The number of hydrogen-bond acceptors (Lipinski definition) is 0. The molecule has 4 aliphatic carbocycles. The van der Waals surface area contributed by atoms with E-state index in [0.717, 1.165) is 0 Å². The molecule has 0 N–H and O–H groups in total. The Morgan fingerprint density at radius 2 is 0.500 bits per heavy atom. The fraction of sp³-hybridized carbons (Fsp3) is 1.00. The Hall–Kier alpha value is -1.26. The van der Waals surface area contributed by atoms with Gasteiger partial charge in [0.1, 0.15) is 0 Å². The third-order valence-electron chi connectivity index (χ3n) is 6.70. The van der Waals surface area contributed by atoms with Crippen molar-refractivity contribution in [2.45, 2.75) is 64.1 Å². The van der Waals surface area contributed by atoms with Gasteiger partial charge < -0.3 is 0 Å². The molecule has 4 rings (SSSR count). The Morgan fingerprint density at radius 1 is 0.200 bits per heavy atom. The molecule has 0 radical (unpaired) electrons. The molecule has 1 spiro atoms. The predicted molar refractivity (Wildman–Crippen MR) is 52.4 cm³/mol. The number of hydrogen-bond donors (Lipinski definition) is 0. The third kappa shape index (κ3) is 0.991. The van der Waals surface area contributed by atoms with Crippen molar-refractivity contribution < 1.29 is 79.0 Å². The van der Waals surface area contributed by atoms with Crippen molar-refractivity contribution in [3.05, 3.63) is 0 Å². The largest absolute Gasteiger partial charge is 0.356 e. The summed E-state index contributed by atoms with van der Waals surface area (Å²) in [5, 5.41) is 0. The fourth-order valence-corrected chi connectivity index (χ4v) is 5.52. The highest BCUT2D eigenvalue weighted by molar-refractivity contribution is 5.63. The molecule has 5 unspecified atom stereocenters. The molecular formula is C12F18. The van der Waals surface area contributed by atoms with E-state index in [0.29, 0.717) is 0 Å². The van der Waals surface area contributed by atoms with Crippen molar-refractivity contribution in [2.24, 2.45) is 5.41 Å². The monoisotopic (exact) mass is 486 g/mol. The van der Waals surface area contributed by atoms with Gasteiger partial charge in [-0.25, -0.2) is 26.3 Å². The van der Waals surface area contributed by atoms with Crippen molar-refractivity contribution in [2.75, 3.05) is 0 Å². The van der Waals surface area contributed by atoms with Crippen LogP contribution in [0.15, 0.2) is 0 Å². The third-order valence-corrected chi connectivity index (χ3v) is 6.70. The van der Waals surface area contributed by atoms with Gasteiger partial charge in [-0.05, 0) is 0 Å². The summed E-state index contributed by atoms with van der Waals surface area (Å²) in [6.07, 6.45) is 0. The lowest BCUT2D eigenvalue weighted by molar-refractivity contribution is -0.445. The normalized spacial score (nSPS) is 56.2. The van der Waals surface area contributed by atoms with Gasteiger partial charge in [-0.2, -0.15) is 52.7 Å². The predicted octanol–water partition coefficient (Wildman–Crippen LogP) is 5.31. The topological polar surface area (TPSA) is 0 Å². The number of alkyl halides is 18. The van der Waals surface area contributed by atoms with Gasteiger partial charge >= 0.3 is 47.1 Å². The molecular weight excluding hydrogens is 486 g/mol. The van der Waals surface area contributed by atoms with Crippen LogP contribution in [-0.4, -0.2) is 64.1 Å². The van der Waals surface area contributed by atoms with E-state index in [1.807, 2.05) is 0 Å². The van der Waals surface area contributed by atoms with Crippen LogP contribution in [0.4, 0.5) is 79.0 Å². The maximum atomic E-state index is 15.0. The summed E-state index contributed by atoms with van der Waals surface area (Å²) in [5.41, 5.74) is -40.0. The Labute approximate surface area is 150 Å². The van der Waals surface area contributed by atoms with Gasteiger partial charge in [-0.1, -0.05) is 0 Å². The van der Waals surface area contributed by atoms with Crippen molar-refractivity contribution in [1.82, 2.24) is 0 Å². The molecule has 0 nitrogen and oxygen atoms in total. The van der Waals surface area contributed by atoms with E-state index in [4.69, 9.17) is 0 Å². The summed E-state index contributed by atoms with van der Waals surface area (Å²) in [6.45, 7) is 0. The first-order valence-electron chi connectivity index (χ1n) is 7.15. The SMILES string of the molecule is FC1(F)C(F)(F)C23C(F)(F)C1(F)C(F)(F)C2(F)C1(F)C(F)(F)C(F)(F)C3(F)C1(F)F. The molecule has 174 valence electrons. The number of fused-ring (bicyclic) bond motifs is 4. The van der Waals surface area contributed by atoms with Gasteiger partial charge in [-0.3, -0.25) is 0 Å². The quantitative estimate of drug-likeness (QED) is 0.408. The zero-order valence-electron chi connectivity index (χ0n) is 12.8. The highest BCUT2D eigenvalue weighted by atomic mass is 19.4. The minimum absolute atomic E-state index is 7.82. The second-order valence-corrected chi connectivity index (χ2v) is 7.40. The van der Waals surface area contributed by atoms with Crippen molar-refractivity contribution in [3.8, 4) is 0 Å². The van der Waals surface area contributed by atoms with Crippen LogP contribution in [0.2, 0.25) is 0 Å². The lowest BCUT2D eigenvalue weighted by atomic mass is 9.55. The van der Waals surface area contributed by atoms with E-state index in [9.17, 15) is 74.6 Å². The Balaban J connectivity index is 2.41. The minimum atomic E-state index is -8.16. The summed E-state index contributed by atoms with van der Waals surface area (Å²) in [4.78, 5) is 0.